The third-order valence-electron chi connectivity index (χ3n) is 3.05. The van der Waals surface area contributed by atoms with Gasteiger partial charge in [-0.05, 0) is 42.7 Å². The smallest absolute Gasteiger partial charge is 0.134 e. The molecule has 2 aromatic carbocycles. The van der Waals surface area contributed by atoms with Gasteiger partial charge in [0.1, 0.15) is 17.5 Å². The van der Waals surface area contributed by atoms with Gasteiger partial charge in [0.25, 0.3) is 0 Å². The molecule has 0 saturated heterocycles. The van der Waals surface area contributed by atoms with Crippen molar-refractivity contribution in [2.75, 3.05) is 0 Å². The van der Waals surface area contributed by atoms with E-state index in [0.29, 0.717) is 16.7 Å². The minimum atomic E-state index is -0.987. The van der Waals surface area contributed by atoms with Gasteiger partial charge >= 0.3 is 0 Å². The van der Waals surface area contributed by atoms with Crippen molar-refractivity contribution >= 4 is 11.6 Å². The van der Waals surface area contributed by atoms with Crippen molar-refractivity contribution in [1.29, 1.82) is 0 Å². The van der Waals surface area contributed by atoms with Crippen molar-refractivity contribution in [2.45, 2.75) is 19.2 Å². The minimum Gasteiger partial charge on any atom is -0.207 e. The Labute approximate surface area is 114 Å². The minimum absolute atomic E-state index is 0.201. The molecule has 0 nitrogen and oxygen atoms in total. The first-order chi connectivity index (χ1) is 8.91. The van der Waals surface area contributed by atoms with Crippen LogP contribution in [0.25, 0.3) is 0 Å². The summed E-state index contributed by atoms with van der Waals surface area (Å²) in [5.41, 5.74) is 0.967. The molecule has 0 amide bonds. The Bertz CT molecular complexity index is 623. The standard InChI is InChI=1S/C15H12ClF3/c1-8-3-5-12(18)13(15(8)19)14(16)10-4-6-11(17)9(2)7-10/h3-7,14H,1-2H3. The molecule has 19 heavy (non-hydrogen) atoms. The first-order valence-corrected chi connectivity index (χ1v) is 6.20. The Morgan fingerprint density at radius 1 is 0.895 bits per heavy atom. The van der Waals surface area contributed by atoms with Crippen LogP contribution in [0, 0.1) is 31.3 Å². The van der Waals surface area contributed by atoms with Crippen LogP contribution in [0.4, 0.5) is 13.2 Å². The maximum atomic E-state index is 14.0. The summed E-state index contributed by atoms with van der Waals surface area (Å²) < 4.78 is 40.9. The Morgan fingerprint density at radius 2 is 1.53 bits per heavy atom. The molecule has 0 bridgehead atoms. The van der Waals surface area contributed by atoms with E-state index in [2.05, 4.69) is 0 Å². The fourth-order valence-corrected chi connectivity index (χ4v) is 2.24. The maximum Gasteiger partial charge on any atom is 0.134 e. The van der Waals surface area contributed by atoms with Crippen LogP contribution in [0.5, 0.6) is 0 Å². The van der Waals surface area contributed by atoms with Crippen LogP contribution in [-0.2, 0) is 0 Å². The molecule has 2 rings (SSSR count). The number of benzene rings is 2. The second-order valence-electron chi connectivity index (χ2n) is 4.46. The number of hydrogen-bond acceptors (Lipinski definition) is 0. The van der Waals surface area contributed by atoms with Crippen molar-refractivity contribution < 1.29 is 13.2 Å². The Kier molecular flexibility index (Phi) is 3.85. The highest BCUT2D eigenvalue weighted by molar-refractivity contribution is 6.22. The van der Waals surface area contributed by atoms with Gasteiger partial charge < -0.3 is 0 Å². The second kappa shape index (κ2) is 5.25. The zero-order valence-corrected chi connectivity index (χ0v) is 11.2. The molecular weight excluding hydrogens is 273 g/mol. The lowest BCUT2D eigenvalue weighted by molar-refractivity contribution is 0.553. The monoisotopic (exact) mass is 284 g/mol. The van der Waals surface area contributed by atoms with Crippen molar-refractivity contribution in [3.8, 4) is 0 Å². The SMILES string of the molecule is Cc1cc(C(Cl)c2c(F)ccc(C)c2F)ccc1F. The molecule has 0 aliphatic heterocycles. The molecule has 100 valence electrons. The van der Waals surface area contributed by atoms with E-state index in [1.54, 1.807) is 6.92 Å². The predicted octanol–water partition coefficient (Wildman–Crippen LogP) is 5.05. The summed E-state index contributed by atoms with van der Waals surface area (Å²) in [5.74, 6) is -1.75. The fraction of sp³-hybridized carbons (Fsp3) is 0.200. The molecule has 0 saturated carbocycles. The van der Waals surface area contributed by atoms with Crippen LogP contribution >= 0.6 is 11.6 Å². The van der Waals surface area contributed by atoms with E-state index in [9.17, 15) is 13.2 Å². The lowest BCUT2D eigenvalue weighted by Crippen LogP contribution is -2.03. The summed E-state index contributed by atoms with van der Waals surface area (Å²) in [6.45, 7) is 3.11. The van der Waals surface area contributed by atoms with Gasteiger partial charge in [-0.25, -0.2) is 13.2 Å². The van der Waals surface area contributed by atoms with Crippen LogP contribution < -0.4 is 0 Å². The highest BCUT2D eigenvalue weighted by Gasteiger charge is 2.21. The fourth-order valence-electron chi connectivity index (χ4n) is 1.90. The van der Waals surface area contributed by atoms with Crippen molar-refractivity contribution in [2.24, 2.45) is 0 Å². The van der Waals surface area contributed by atoms with Crippen LogP contribution in [0.3, 0.4) is 0 Å². The van der Waals surface area contributed by atoms with E-state index in [4.69, 9.17) is 11.6 Å². The molecule has 0 fully saturated rings. The van der Waals surface area contributed by atoms with Gasteiger partial charge in [0.05, 0.1) is 5.38 Å². The topological polar surface area (TPSA) is 0 Å². The summed E-state index contributed by atoms with van der Waals surface area (Å²) in [4.78, 5) is 0. The highest BCUT2D eigenvalue weighted by atomic mass is 35.5. The Balaban J connectivity index is 2.52. The molecule has 4 heteroatoms. The van der Waals surface area contributed by atoms with Crippen LogP contribution in [0.2, 0.25) is 0 Å². The summed E-state index contributed by atoms with van der Waals surface area (Å²) in [5, 5.41) is -0.987. The van der Waals surface area contributed by atoms with Gasteiger partial charge in [0.2, 0.25) is 0 Å². The number of halogens is 4. The van der Waals surface area contributed by atoms with Gasteiger partial charge in [0.15, 0.2) is 0 Å². The van der Waals surface area contributed by atoms with Crippen molar-refractivity contribution in [3.63, 3.8) is 0 Å². The van der Waals surface area contributed by atoms with Crippen LogP contribution in [0.1, 0.15) is 27.6 Å². The number of alkyl halides is 1. The molecule has 1 unspecified atom stereocenters. The summed E-state index contributed by atoms with van der Waals surface area (Å²) in [7, 11) is 0. The molecule has 0 aliphatic rings. The predicted molar refractivity (Wildman–Crippen MR) is 69.9 cm³/mol. The third-order valence-corrected chi connectivity index (χ3v) is 3.52. The lowest BCUT2D eigenvalue weighted by atomic mass is 9.99. The van der Waals surface area contributed by atoms with Crippen LogP contribution in [0.15, 0.2) is 30.3 Å². The third kappa shape index (κ3) is 2.61. The van der Waals surface area contributed by atoms with Gasteiger partial charge in [-0.2, -0.15) is 0 Å². The number of aryl methyl sites for hydroxylation is 2. The molecule has 0 aliphatic carbocycles. The molecule has 1 atom stereocenters. The van der Waals surface area contributed by atoms with Crippen molar-refractivity contribution in [3.05, 3.63) is 70.0 Å². The summed E-state index contributed by atoms with van der Waals surface area (Å²) >= 11 is 6.14. The molecule has 0 aromatic heterocycles. The zero-order valence-electron chi connectivity index (χ0n) is 10.5. The van der Waals surface area contributed by atoms with Gasteiger partial charge in [-0.15, -0.1) is 11.6 Å². The van der Waals surface area contributed by atoms with Crippen LogP contribution in [-0.4, -0.2) is 0 Å². The second-order valence-corrected chi connectivity index (χ2v) is 4.90. The first-order valence-electron chi connectivity index (χ1n) is 5.76. The van der Waals surface area contributed by atoms with E-state index in [1.807, 2.05) is 0 Å². The highest BCUT2D eigenvalue weighted by Crippen LogP contribution is 2.34. The zero-order chi connectivity index (χ0) is 14.2. The Morgan fingerprint density at radius 3 is 2.16 bits per heavy atom. The van der Waals surface area contributed by atoms with Gasteiger partial charge in [0, 0.05) is 5.56 Å². The average Bonchev–Trinajstić information content (AvgIpc) is 2.37. The van der Waals surface area contributed by atoms with E-state index in [1.165, 1.54) is 37.3 Å². The average molecular weight is 285 g/mol. The Hall–Kier alpha value is -1.48. The van der Waals surface area contributed by atoms with E-state index < -0.39 is 17.0 Å². The molecule has 0 heterocycles. The van der Waals surface area contributed by atoms with E-state index in [0.717, 1.165) is 0 Å². The molecule has 2 aromatic rings. The largest absolute Gasteiger partial charge is 0.207 e. The first kappa shape index (κ1) is 13.9. The molecular formula is C15H12ClF3. The van der Waals surface area contributed by atoms with Crippen molar-refractivity contribution in [1.82, 2.24) is 0 Å². The quantitative estimate of drug-likeness (QED) is 0.677. The summed E-state index contributed by atoms with van der Waals surface area (Å²) in [6, 6.07) is 6.70. The number of hydrogen-bond donors (Lipinski definition) is 0. The van der Waals surface area contributed by atoms with E-state index >= 15 is 0 Å². The maximum absolute atomic E-state index is 14.0. The molecule has 0 N–H and O–H groups in total. The lowest BCUT2D eigenvalue weighted by Gasteiger charge is -2.14. The summed E-state index contributed by atoms with van der Waals surface area (Å²) in [6.07, 6.45) is 0. The van der Waals surface area contributed by atoms with Gasteiger partial charge in [-0.3, -0.25) is 0 Å². The molecule has 0 radical (unpaired) electrons. The van der Waals surface area contributed by atoms with E-state index in [-0.39, 0.29) is 11.4 Å². The molecule has 0 spiro atoms. The number of rotatable bonds is 2. The van der Waals surface area contributed by atoms with Gasteiger partial charge in [-0.1, -0.05) is 18.2 Å². The normalized spacial score (nSPS) is 12.5.